The number of nitrogens with one attached hydrogen (secondary N) is 1. The standard InChI is InChI=1S/C11H14N2O/c12-11(14)9-13-8-4-7-10-5-2-1-3-6-10/h1-7,13H,8-9H2,(H2,12,14)/b7-4+. The Hall–Kier alpha value is -1.61. The third-order valence-electron chi connectivity index (χ3n) is 1.67. The summed E-state index contributed by atoms with van der Waals surface area (Å²) in [6.07, 6.45) is 3.95. The van der Waals surface area contributed by atoms with Crippen LogP contribution in [0.15, 0.2) is 36.4 Å². The molecule has 0 saturated heterocycles. The van der Waals surface area contributed by atoms with Gasteiger partial charge in [-0.15, -0.1) is 0 Å². The van der Waals surface area contributed by atoms with Gasteiger partial charge in [-0.25, -0.2) is 0 Å². The van der Waals surface area contributed by atoms with Crippen LogP contribution in [0.1, 0.15) is 5.56 Å². The molecule has 1 amide bonds. The van der Waals surface area contributed by atoms with Gasteiger partial charge in [-0.1, -0.05) is 42.5 Å². The highest BCUT2D eigenvalue weighted by molar-refractivity contribution is 5.75. The molecule has 14 heavy (non-hydrogen) atoms. The van der Waals surface area contributed by atoms with Crippen molar-refractivity contribution in [1.29, 1.82) is 0 Å². The number of rotatable bonds is 5. The first-order valence-corrected chi connectivity index (χ1v) is 4.49. The summed E-state index contributed by atoms with van der Waals surface area (Å²) >= 11 is 0. The molecule has 0 atom stereocenters. The van der Waals surface area contributed by atoms with Crippen molar-refractivity contribution >= 4 is 12.0 Å². The van der Waals surface area contributed by atoms with E-state index in [4.69, 9.17) is 5.73 Å². The van der Waals surface area contributed by atoms with E-state index in [0.717, 1.165) is 5.56 Å². The van der Waals surface area contributed by atoms with E-state index < -0.39 is 0 Å². The van der Waals surface area contributed by atoms with Gasteiger partial charge in [0.2, 0.25) is 5.91 Å². The molecule has 1 rings (SSSR count). The van der Waals surface area contributed by atoms with E-state index in [1.165, 1.54) is 0 Å². The summed E-state index contributed by atoms with van der Waals surface area (Å²) < 4.78 is 0. The number of benzene rings is 1. The number of carbonyl (C=O) groups excluding carboxylic acids is 1. The molecule has 0 radical (unpaired) electrons. The second-order valence-corrected chi connectivity index (χ2v) is 2.91. The van der Waals surface area contributed by atoms with Crippen LogP contribution in [0.25, 0.3) is 6.08 Å². The van der Waals surface area contributed by atoms with E-state index in [-0.39, 0.29) is 12.5 Å². The Morgan fingerprint density at radius 3 is 2.71 bits per heavy atom. The van der Waals surface area contributed by atoms with E-state index >= 15 is 0 Å². The average molecular weight is 190 g/mol. The van der Waals surface area contributed by atoms with Gasteiger partial charge < -0.3 is 11.1 Å². The number of hydrogen-bond acceptors (Lipinski definition) is 2. The van der Waals surface area contributed by atoms with Gasteiger partial charge in [0.25, 0.3) is 0 Å². The van der Waals surface area contributed by atoms with Crippen molar-refractivity contribution in [2.45, 2.75) is 0 Å². The number of amides is 1. The first kappa shape index (κ1) is 10.5. The molecule has 0 heterocycles. The molecule has 0 aliphatic carbocycles. The predicted molar refractivity (Wildman–Crippen MR) is 57.5 cm³/mol. The fraction of sp³-hybridized carbons (Fsp3) is 0.182. The molecule has 1 aromatic carbocycles. The van der Waals surface area contributed by atoms with Crippen LogP contribution in [0, 0.1) is 0 Å². The van der Waals surface area contributed by atoms with Crippen LogP contribution in [0.2, 0.25) is 0 Å². The van der Waals surface area contributed by atoms with Crippen LogP contribution >= 0.6 is 0 Å². The van der Waals surface area contributed by atoms with Crippen LogP contribution in [0.3, 0.4) is 0 Å². The van der Waals surface area contributed by atoms with E-state index in [1.807, 2.05) is 42.5 Å². The maximum atomic E-state index is 10.4. The molecule has 0 aliphatic heterocycles. The van der Waals surface area contributed by atoms with Crippen molar-refractivity contribution in [3.63, 3.8) is 0 Å². The largest absolute Gasteiger partial charge is 0.369 e. The van der Waals surface area contributed by atoms with Crippen LogP contribution in [-0.4, -0.2) is 19.0 Å². The lowest BCUT2D eigenvalue weighted by molar-refractivity contribution is -0.117. The molecule has 0 unspecified atom stereocenters. The highest BCUT2D eigenvalue weighted by Gasteiger charge is 1.88. The van der Waals surface area contributed by atoms with Crippen molar-refractivity contribution in [2.24, 2.45) is 5.73 Å². The number of carbonyl (C=O) groups is 1. The summed E-state index contributed by atoms with van der Waals surface area (Å²) in [6.45, 7) is 0.872. The van der Waals surface area contributed by atoms with Gasteiger partial charge >= 0.3 is 0 Å². The minimum Gasteiger partial charge on any atom is -0.369 e. The van der Waals surface area contributed by atoms with Gasteiger partial charge in [0.05, 0.1) is 6.54 Å². The molecule has 3 heteroatoms. The summed E-state index contributed by atoms with van der Waals surface area (Å²) in [4.78, 5) is 10.4. The van der Waals surface area contributed by atoms with Crippen molar-refractivity contribution < 1.29 is 4.79 Å². The molecule has 0 aliphatic rings. The SMILES string of the molecule is NC(=O)CNC/C=C/c1ccccc1. The summed E-state index contributed by atoms with van der Waals surface area (Å²) in [6, 6.07) is 9.98. The van der Waals surface area contributed by atoms with Gasteiger partial charge in [-0.2, -0.15) is 0 Å². The summed E-state index contributed by atoms with van der Waals surface area (Å²) in [5.74, 6) is -0.335. The third-order valence-corrected chi connectivity index (χ3v) is 1.67. The first-order valence-electron chi connectivity index (χ1n) is 4.49. The lowest BCUT2D eigenvalue weighted by Crippen LogP contribution is -2.28. The Morgan fingerprint density at radius 1 is 1.36 bits per heavy atom. The van der Waals surface area contributed by atoms with Crippen LogP contribution in [0.4, 0.5) is 0 Å². The van der Waals surface area contributed by atoms with Crippen LogP contribution < -0.4 is 11.1 Å². The lowest BCUT2D eigenvalue weighted by atomic mass is 10.2. The Labute approximate surface area is 83.6 Å². The van der Waals surface area contributed by atoms with Gasteiger partial charge in [-0.3, -0.25) is 4.79 Å². The van der Waals surface area contributed by atoms with E-state index in [2.05, 4.69) is 5.32 Å². The zero-order chi connectivity index (χ0) is 10.2. The maximum absolute atomic E-state index is 10.4. The normalized spacial score (nSPS) is 10.6. The summed E-state index contributed by atoms with van der Waals surface area (Å²) in [5, 5.41) is 2.89. The van der Waals surface area contributed by atoms with Crippen molar-refractivity contribution in [2.75, 3.05) is 13.1 Å². The minimum atomic E-state index is -0.335. The second kappa shape index (κ2) is 5.94. The molecular weight excluding hydrogens is 176 g/mol. The first-order chi connectivity index (χ1) is 6.79. The van der Waals surface area contributed by atoms with Crippen molar-refractivity contribution in [3.8, 4) is 0 Å². The predicted octanol–water partition coefficient (Wildman–Crippen LogP) is 0.775. The number of primary amides is 1. The molecule has 0 saturated carbocycles. The minimum absolute atomic E-state index is 0.221. The van der Waals surface area contributed by atoms with Crippen LogP contribution in [0.5, 0.6) is 0 Å². The molecular formula is C11H14N2O. The Bertz CT molecular complexity index is 306. The fourth-order valence-electron chi connectivity index (χ4n) is 1.04. The molecule has 0 fully saturated rings. The third kappa shape index (κ3) is 4.42. The lowest BCUT2D eigenvalue weighted by Gasteiger charge is -1.95. The maximum Gasteiger partial charge on any atom is 0.231 e. The summed E-state index contributed by atoms with van der Waals surface area (Å²) in [5.41, 5.74) is 6.11. The highest BCUT2D eigenvalue weighted by Crippen LogP contribution is 1.99. The zero-order valence-corrected chi connectivity index (χ0v) is 7.94. The topological polar surface area (TPSA) is 55.1 Å². The van der Waals surface area contributed by atoms with Crippen molar-refractivity contribution in [3.05, 3.63) is 42.0 Å². The second-order valence-electron chi connectivity index (χ2n) is 2.91. The molecule has 3 N–H and O–H groups in total. The molecule has 3 nitrogen and oxygen atoms in total. The number of nitrogens with two attached hydrogens (primary N) is 1. The van der Waals surface area contributed by atoms with Gasteiger partial charge in [0.15, 0.2) is 0 Å². The van der Waals surface area contributed by atoms with E-state index in [0.29, 0.717) is 6.54 Å². The fourth-order valence-corrected chi connectivity index (χ4v) is 1.04. The molecule has 0 aromatic heterocycles. The van der Waals surface area contributed by atoms with Gasteiger partial charge in [-0.05, 0) is 5.56 Å². The van der Waals surface area contributed by atoms with Gasteiger partial charge in [0, 0.05) is 6.54 Å². The Kier molecular flexibility index (Phi) is 4.44. The van der Waals surface area contributed by atoms with E-state index in [1.54, 1.807) is 0 Å². The molecule has 0 spiro atoms. The van der Waals surface area contributed by atoms with Crippen molar-refractivity contribution in [1.82, 2.24) is 5.32 Å². The van der Waals surface area contributed by atoms with Gasteiger partial charge in [0.1, 0.15) is 0 Å². The molecule has 74 valence electrons. The Morgan fingerprint density at radius 2 is 2.07 bits per heavy atom. The zero-order valence-electron chi connectivity index (χ0n) is 7.94. The summed E-state index contributed by atoms with van der Waals surface area (Å²) in [7, 11) is 0. The highest BCUT2D eigenvalue weighted by atomic mass is 16.1. The molecule has 0 bridgehead atoms. The smallest absolute Gasteiger partial charge is 0.231 e. The monoisotopic (exact) mass is 190 g/mol. The Balaban J connectivity index is 2.25. The average Bonchev–Trinajstić information content (AvgIpc) is 2.18. The quantitative estimate of drug-likeness (QED) is 0.674. The molecule has 1 aromatic rings. The van der Waals surface area contributed by atoms with Crippen LogP contribution in [-0.2, 0) is 4.79 Å². The number of hydrogen-bond donors (Lipinski definition) is 2. The van der Waals surface area contributed by atoms with E-state index in [9.17, 15) is 4.79 Å².